The minimum Gasteiger partial charge on any atom is -0.347 e. The fraction of sp³-hybridized carbons (Fsp3) is 0.0455. The first-order valence-corrected chi connectivity index (χ1v) is 9.09. The molecule has 7 nitrogen and oxygen atoms in total. The lowest BCUT2D eigenvalue weighted by Gasteiger charge is -2.08. The second-order valence-corrected chi connectivity index (χ2v) is 6.41. The molecule has 1 amide bonds. The molecule has 4 heterocycles. The van der Waals surface area contributed by atoms with Crippen molar-refractivity contribution in [1.82, 2.24) is 24.8 Å². The first-order chi connectivity index (χ1) is 14.6. The van der Waals surface area contributed by atoms with Crippen LogP contribution in [-0.2, 0) is 6.54 Å². The predicted molar refractivity (Wildman–Crippen MR) is 108 cm³/mol. The van der Waals surface area contributed by atoms with Gasteiger partial charge in [0, 0.05) is 42.8 Å². The van der Waals surface area contributed by atoms with E-state index in [0.29, 0.717) is 16.9 Å². The Bertz CT molecular complexity index is 1240. The number of carbonyl (C=O) groups excluding carboxylic acids is 1. The Morgan fingerprint density at radius 3 is 2.60 bits per heavy atom. The summed E-state index contributed by atoms with van der Waals surface area (Å²) in [7, 11) is 0. The van der Waals surface area contributed by atoms with Crippen LogP contribution < -0.4 is 10.9 Å². The summed E-state index contributed by atoms with van der Waals surface area (Å²) in [6.45, 7) is 0.262. The molecular formula is C22H16FN5O2. The molecule has 148 valence electrons. The first-order valence-electron chi connectivity index (χ1n) is 9.09. The minimum atomic E-state index is -0.568. The Kier molecular flexibility index (Phi) is 5.38. The fourth-order valence-corrected chi connectivity index (χ4v) is 2.84. The van der Waals surface area contributed by atoms with Crippen molar-refractivity contribution in [3.05, 3.63) is 107 Å². The third-order valence-electron chi connectivity index (χ3n) is 4.38. The third kappa shape index (κ3) is 4.27. The lowest BCUT2D eigenvalue weighted by molar-refractivity contribution is 0.0946. The number of rotatable bonds is 5. The van der Waals surface area contributed by atoms with Gasteiger partial charge in [0.2, 0.25) is 5.95 Å². The molecule has 4 rings (SSSR count). The average molecular weight is 401 g/mol. The summed E-state index contributed by atoms with van der Waals surface area (Å²) >= 11 is 0. The Morgan fingerprint density at radius 1 is 1.00 bits per heavy atom. The van der Waals surface area contributed by atoms with Crippen LogP contribution in [-0.4, -0.2) is 25.4 Å². The van der Waals surface area contributed by atoms with Crippen LogP contribution in [0.2, 0.25) is 0 Å². The molecule has 0 saturated carbocycles. The van der Waals surface area contributed by atoms with E-state index in [0.717, 1.165) is 5.56 Å². The summed E-state index contributed by atoms with van der Waals surface area (Å²) in [6, 6.07) is 14.6. The molecule has 0 aliphatic heterocycles. The molecule has 0 fully saturated rings. The highest BCUT2D eigenvalue weighted by atomic mass is 19.1. The minimum absolute atomic E-state index is 0.179. The van der Waals surface area contributed by atoms with Gasteiger partial charge in [-0.15, -0.1) is 0 Å². The molecule has 4 aromatic heterocycles. The van der Waals surface area contributed by atoms with Crippen molar-refractivity contribution in [3.63, 3.8) is 0 Å². The number of hydrogen-bond donors (Lipinski definition) is 1. The summed E-state index contributed by atoms with van der Waals surface area (Å²) in [6.07, 6.45) is 6.11. The number of carbonyl (C=O) groups is 1. The van der Waals surface area contributed by atoms with Crippen molar-refractivity contribution in [2.45, 2.75) is 6.54 Å². The zero-order valence-corrected chi connectivity index (χ0v) is 15.7. The lowest BCUT2D eigenvalue weighted by Crippen LogP contribution is -2.24. The molecule has 8 heteroatoms. The van der Waals surface area contributed by atoms with Crippen LogP contribution in [0.5, 0.6) is 0 Å². The second kappa shape index (κ2) is 8.44. The highest BCUT2D eigenvalue weighted by Gasteiger charge is 2.08. The molecule has 0 radical (unpaired) electrons. The Balaban J connectivity index is 1.40. The van der Waals surface area contributed by atoms with Gasteiger partial charge in [-0.05, 0) is 35.9 Å². The van der Waals surface area contributed by atoms with Gasteiger partial charge in [0.25, 0.3) is 11.5 Å². The van der Waals surface area contributed by atoms with Crippen molar-refractivity contribution in [2.75, 3.05) is 0 Å². The zero-order chi connectivity index (χ0) is 20.9. The molecule has 4 aromatic rings. The lowest BCUT2D eigenvalue weighted by atomic mass is 10.1. The summed E-state index contributed by atoms with van der Waals surface area (Å²) in [5, 5.41) is 2.77. The smallest absolute Gasteiger partial charge is 0.270 e. The van der Waals surface area contributed by atoms with E-state index in [4.69, 9.17) is 0 Å². The third-order valence-corrected chi connectivity index (χ3v) is 4.38. The number of aromatic nitrogens is 4. The summed E-state index contributed by atoms with van der Waals surface area (Å²) in [5.74, 6) is -0.913. The van der Waals surface area contributed by atoms with Crippen LogP contribution in [0.3, 0.4) is 0 Å². The SMILES string of the molecule is O=C(NCc1ccc(-c2ccnc(F)c2)nc1)c1ccc(-n2ccccc2=O)cn1. The highest BCUT2D eigenvalue weighted by Crippen LogP contribution is 2.17. The van der Waals surface area contributed by atoms with Crippen molar-refractivity contribution in [3.8, 4) is 16.9 Å². The number of amides is 1. The molecule has 0 atom stereocenters. The number of nitrogens with one attached hydrogen (secondary N) is 1. The average Bonchev–Trinajstić information content (AvgIpc) is 2.78. The zero-order valence-electron chi connectivity index (χ0n) is 15.7. The van der Waals surface area contributed by atoms with E-state index < -0.39 is 5.95 Å². The van der Waals surface area contributed by atoms with E-state index in [1.807, 2.05) is 0 Å². The molecule has 1 N–H and O–H groups in total. The maximum absolute atomic E-state index is 13.2. The molecule has 0 bridgehead atoms. The normalized spacial score (nSPS) is 10.6. The van der Waals surface area contributed by atoms with E-state index in [-0.39, 0.29) is 23.7 Å². The van der Waals surface area contributed by atoms with Gasteiger partial charge in [-0.25, -0.2) is 9.97 Å². The maximum atomic E-state index is 13.2. The van der Waals surface area contributed by atoms with Crippen LogP contribution >= 0.6 is 0 Å². The van der Waals surface area contributed by atoms with Gasteiger partial charge in [-0.1, -0.05) is 12.1 Å². The van der Waals surface area contributed by atoms with Crippen LogP contribution in [0.15, 0.2) is 84.2 Å². The molecule has 0 aliphatic carbocycles. The second-order valence-electron chi connectivity index (χ2n) is 6.41. The monoisotopic (exact) mass is 401 g/mol. The van der Waals surface area contributed by atoms with Crippen molar-refractivity contribution in [2.24, 2.45) is 0 Å². The van der Waals surface area contributed by atoms with Crippen LogP contribution in [0.4, 0.5) is 4.39 Å². The molecule has 0 aliphatic rings. The van der Waals surface area contributed by atoms with Crippen molar-refractivity contribution >= 4 is 5.91 Å². The molecule has 0 unspecified atom stereocenters. The van der Waals surface area contributed by atoms with E-state index in [9.17, 15) is 14.0 Å². The van der Waals surface area contributed by atoms with E-state index in [1.165, 1.54) is 29.1 Å². The van der Waals surface area contributed by atoms with Gasteiger partial charge >= 0.3 is 0 Å². The van der Waals surface area contributed by atoms with Gasteiger partial charge < -0.3 is 5.32 Å². The molecule has 0 aromatic carbocycles. The fourth-order valence-electron chi connectivity index (χ4n) is 2.84. The van der Waals surface area contributed by atoms with Crippen molar-refractivity contribution in [1.29, 1.82) is 0 Å². The van der Waals surface area contributed by atoms with Gasteiger partial charge in [0.05, 0.1) is 17.6 Å². The number of hydrogen-bond acceptors (Lipinski definition) is 5. The van der Waals surface area contributed by atoms with Gasteiger partial charge in [0.1, 0.15) is 5.69 Å². The number of halogens is 1. The predicted octanol–water partition coefficient (Wildman–Crippen LogP) is 2.76. The highest BCUT2D eigenvalue weighted by molar-refractivity contribution is 5.92. The standard InChI is InChI=1S/C22H16FN5O2/c23-20-11-16(8-9-24-20)18-6-4-15(12-25-18)13-27-22(30)19-7-5-17(14-26-19)28-10-2-1-3-21(28)29/h1-12,14H,13H2,(H,27,30). The Hall–Kier alpha value is -4.20. The summed E-state index contributed by atoms with van der Waals surface area (Å²) < 4.78 is 14.7. The number of nitrogens with zero attached hydrogens (tertiary/aromatic N) is 4. The summed E-state index contributed by atoms with van der Waals surface area (Å²) in [5.41, 5.74) is 2.65. The van der Waals surface area contributed by atoms with Gasteiger partial charge in [-0.3, -0.25) is 19.1 Å². The maximum Gasteiger partial charge on any atom is 0.270 e. The number of pyridine rings is 4. The van der Waals surface area contributed by atoms with Crippen molar-refractivity contribution < 1.29 is 9.18 Å². The summed E-state index contributed by atoms with van der Waals surface area (Å²) in [4.78, 5) is 36.2. The van der Waals surface area contributed by atoms with Gasteiger partial charge in [0.15, 0.2) is 0 Å². The quantitative estimate of drug-likeness (QED) is 0.520. The first kappa shape index (κ1) is 19.1. The van der Waals surface area contributed by atoms with Crippen LogP contribution in [0.1, 0.15) is 16.1 Å². The molecule has 0 spiro atoms. The van der Waals surface area contributed by atoms with E-state index in [2.05, 4.69) is 20.3 Å². The molecular weight excluding hydrogens is 385 g/mol. The molecule has 0 saturated heterocycles. The van der Waals surface area contributed by atoms with E-state index in [1.54, 1.807) is 54.9 Å². The largest absolute Gasteiger partial charge is 0.347 e. The molecule has 30 heavy (non-hydrogen) atoms. The topological polar surface area (TPSA) is 89.8 Å². The van der Waals surface area contributed by atoms with Crippen LogP contribution in [0.25, 0.3) is 16.9 Å². The van der Waals surface area contributed by atoms with E-state index >= 15 is 0 Å². The Morgan fingerprint density at radius 2 is 1.90 bits per heavy atom. The van der Waals surface area contributed by atoms with Crippen LogP contribution in [0, 0.1) is 5.95 Å². The Labute approximate surface area is 170 Å². The van der Waals surface area contributed by atoms with Gasteiger partial charge in [-0.2, -0.15) is 4.39 Å².